The quantitative estimate of drug-likeness (QED) is 0.738. The van der Waals surface area contributed by atoms with Gasteiger partial charge in [0.1, 0.15) is 5.75 Å². The number of aryl methyl sites for hydroxylation is 1. The van der Waals surface area contributed by atoms with E-state index in [-0.39, 0.29) is 0 Å². The molecule has 1 aliphatic rings. The fourth-order valence-electron chi connectivity index (χ4n) is 2.67. The topological polar surface area (TPSA) is 30.5 Å². The number of nitrogens with one attached hydrogen (secondary N) is 1. The van der Waals surface area contributed by atoms with Crippen LogP contribution >= 0.6 is 0 Å². The molecule has 1 atom stereocenters. The molecule has 1 fully saturated rings. The molecule has 0 spiro atoms. The Balaban J connectivity index is 1.80. The average molecular weight is 291 g/mol. The van der Waals surface area contributed by atoms with Crippen LogP contribution in [-0.4, -0.2) is 25.4 Å². The highest BCUT2D eigenvalue weighted by atomic mass is 16.5. The molecule has 1 aromatic carbocycles. The van der Waals surface area contributed by atoms with E-state index in [1.807, 2.05) is 0 Å². The molecule has 3 heteroatoms. The van der Waals surface area contributed by atoms with Gasteiger partial charge in [0.25, 0.3) is 0 Å². The van der Waals surface area contributed by atoms with Gasteiger partial charge < -0.3 is 14.8 Å². The van der Waals surface area contributed by atoms with E-state index in [2.05, 4.69) is 44.3 Å². The molecule has 2 rings (SSSR count). The molecule has 0 saturated carbocycles. The third-order valence-corrected chi connectivity index (χ3v) is 3.87. The summed E-state index contributed by atoms with van der Waals surface area (Å²) in [6.07, 6.45) is 5.08. The van der Waals surface area contributed by atoms with E-state index in [0.29, 0.717) is 12.1 Å². The minimum absolute atomic E-state index is 0.466. The molecule has 1 aromatic rings. The van der Waals surface area contributed by atoms with Crippen LogP contribution in [0.25, 0.3) is 0 Å². The van der Waals surface area contributed by atoms with Gasteiger partial charge in [-0.25, -0.2) is 0 Å². The van der Waals surface area contributed by atoms with E-state index in [1.54, 1.807) is 0 Å². The molecule has 0 amide bonds. The van der Waals surface area contributed by atoms with Crippen LogP contribution in [0.2, 0.25) is 0 Å². The van der Waals surface area contributed by atoms with Gasteiger partial charge in [-0.2, -0.15) is 0 Å². The molecule has 1 heterocycles. The molecule has 1 unspecified atom stereocenters. The van der Waals surface area contributed by atoms with E-state index in [0.717, 1.165) is 38.3 Å². The van der Waals surface area contributed by atoms with Crippen molar-refractivity contribution in [3.63, 3.8) is 0 Å². The maximum atomic E-state index is 5.99. The largest absolute Gasteiger partial charge is 0.493 e. The van der Waals surface area contributed by atoms with E-state index < -0.39 is 0 Å². The van der Waals surface area contributed by atoms with E-state index in [9.17, 15) is 0 Å². The van der Waals surface area contributed by atoms with Gasteiger partial charge in [0.05, 0.1) is 12.7 Å². The summed E-state index contributed by atoms with van der Waals surface area (Å²) in [4.78, 5) is 0. The van der Waals surface area contributed by atoms with Gasteiger partial charge in [-0.3, -0.25) is 0 Å². The Bertz CT molecular complexity index is 425. The Morgan fingerprint density at radius 2 is 2.24 bits per heavy atom. The SMILES string of the molecule is Cc1ccc(OCCCC2CCCO2)c(CNC(C)C)c1. The molecule has 0 aliphatic carbocycles. The first-order valence-electron chi connectivity index (χ1n) is 8.22. The second kappa shape index (κ2) is 8.40. The summed E-state index contributed by atoms with van der Waals surface area (Å²) in [5, 5.41) is 3.46. The Kier molecular flexibility index (Phi) is 6.52. The van der Waals surface area contributed by atoms with Crippen LogP contribution in [0, 0.1) is 6.92 Å². The Morgan fingerprint density at radius 3 is 2.95 bits per heavy atom. The third-order valence-electron chi connectivity index (χ3n) is 3.87. The van der Waals surface area contributed by atoms with Crippen LogP contribution in [0.1, 0.15) is 50.7 Å². The van der Waals surface area contributed by atoms with E-state index in [4.69, 9.17) is 9.47 Å². The fourth-order valence-corrected chi connectivity index (χ4v) is 2.67. The highest BCUT2D eigenvalue weighted by Gasteiger charge is 2.14. The normalized spacial score (nSPS) is 18.4. The van der Waals surface area contributed by atoms with Crippen LogP contribution in [0.5, 0.6) is 5.75 Å². The zero-order valence-electron chi connectivity index (χ0n) is 13.7. The van der Waals surface area contributed by atoms with Gasteiger partial charge in [0, 0.05) is 24.8 Å². The van der Waals surface area contributed by atoms with Crippen molar-refractivity contribution in [2.45, 2.75) is 65.1 Å². The van der Waals surface area contributed by atoms with E-state index >= 15 is 0 Å². The maximum absolute atomic E-state index is 5.99. The molecular formula is C18H29NO2. The zero-order valence-corrected chi connectivity index (χ0v) is 13.7. The van der Waals surface area contributed by atoms with Crippen LogP contribution < -0.4 is 10.1 Å². The molecule has 0 bridgehead atoms. The number of ether oxygens (including phenoxy) is 2. The first kappa shape index (κ1) is 16.3. The molecule has 3 nitrogen and oxygen atoms in total. The first-order chi connectivity index (χ1) is 10.1. The predicted octanol–water partition coefficient (Wildman–Crippen LogP) is 3.83. The van der Waals surface area contributed by atoms with Crippen LogP contribution in [-0.2, 0) is 11.3 Å². The number of rotatable bonds is 8. The second-order valence-electron chi connectivity index (χ2n) is 6.27. The van der Waals surface area contributed by atoms with Crippen molar-refractivity contribution in [3.05, 3.63) is 29.3 Å². The zero-order chi connectivity index (χ0) is 15.1. The van der Waals surface area contributed by atoms with Crippen LogP contribution in [0.4, 0.5) is 0 Å². The second-order valence-corrected chi connectivity index (χ2v) is 6.27. The summed E-state index contributed by atoms with van der Waals surface area (Å²) in [5.74, 6) is 1.01. The highest BCUT2D eigenvalue weighted by Crippen LogP contribution is 2.21. The summed E-state index contributed by atoms with van der Waals surface area (Å²) in [5.41, 5.74) is 2.53. The lowest BCUT2D eigenvalue weighted by Gasteiger charge is -2.15. The fraction of sp³-hybridized carbons (Fsp3) is 0.667. The maximum Gasteiger partial charge on any atom is 0.123 e. The standard InChI is InChI=1S/C18H29NO2/c1-14(2)19-13-16-12-15(3)8-9-18(16)21-11-5-7-17-6-4-10-20-17/h8-9,12,14,17,19H,4-7,10-11,13H2,1-3H3. The van der Waals surface area contributed by atoms with Crippen molar-refractivity contribution in [1.29, 1.82) is 0 Å². The Morgan fingerprint density at radius 1 is 1.38 bits per heavy atom. The summed E-state index contributed by atoms with van der Waals surface area (Å²) < 4.78 is 11.6. The summed E-state index contributed by atoms with van der Waals surface area (Å²) in [6, 6.07) is 6.91. The Hall–Kier alpha value is -1.06. The molecule has 0 radical (unpaired) electrons. The predicted molar refractivity (Wildman–Crippen MR) is 86.9 cm³/mol. The summed E-state index contributed by atoms with van der Waals surface area (Å²) in [7, 11) is 0. The van der Waals surface area contributed by atoms with Crippen molar-refractivity contribution in [3.8, 4) is 5.75 Å². The Labute approximate surface area is 129 Å². The third kappa shape index (κ3) is 5.68. The molecule has 1 aliphatic heterocycles. The lowest BCUT2D eigenvalue weighted by atomic mass is 10.1. The minimum atomic E-state index is 0.466. The molecule has 1 saturated heterocycles. The molecule has 0 aromatic heterocycles. The van der Waals surface area contributed by atoms with Gasteiger partial charge in [0.2, 0.25) is 0 Å². The summed E-state index contributed by atoms with van der Waals surface area (Å²) >= 11 is 0. The van der Waals surface area contributed by atoms with Crippen molar-refractivity contribution < 1.29 is 9.47 Å². The molecule has 118 valence electrons. The first-order valence-corrected chi connectivity index (χ1v) is 8.22. The summed E-state index contributed by atoms with van der Waals surface area (Å²) in [6.45, 7) is 9.03. The van der Waals surface area contributed by atoms with Crippen molar-refractivity contribution in [1.82, 2.24) is 5.32 Å². The van der Waals surface area contributed by atoms with Crippen LogP contribution in [0.3, 0.4) is 0 Å². The molecule has 1 N–H and O–H groups in total. The smallest absolute Gasteiger partial charge is 0.123 e. The highest BCUT2D eigenvalue weighted by molar-refractivity contribution is 5.36. The van der Waals surface area contributed by atoms with Crippen molar-refractivity contribution in [2.75, 3.05) is 13.2 Å². The lowest BCUT2D eigenvalue weighted by Crippen LogP contribution is -2.22. The number of hydrogen-bond acceptors (Lipinski definition) is 3. The lowest BCUT2D eigenvalue weighted by molar-refractivity contribution is 0.0981. The van der Waals surface area contributed by atoms with Gasteiger partial charge in [-0.15, -0.1) is 0 Å². The van der Waals surface area contributed by atoms with E-state index in [1.165, 1.54) is 24.0 Å². The van der Waals surface area contributed by atoms with Crippen molar-refractivity contribution >= 4 is 0 Å². The minimum Gasteiger partial charge on any atom is -0.493 e. The van der Waals surface area contributed by atoms with Crippen molar-refractivity contribution in [2.24, 2.45) is 0 Å². The van der Waals surface area contributed by atoms with Gasteiger partial charge in [0.15, 0.2) is 0 Å². The average Bonchev–Trinajstić information content (AvgIpc) is 2.96. The number of hydrogen-bond donors (Lipinski definition) is 1. The monoisotopic (exact) mass is 291 g/mol. The van der Waals surface area contributed by atoms with Gasteiger partial charge in [-0.1, -0.05) is 31.5 Å². The molecular weight excluding hydrogens is 262 g/mol. The van der Waals surface area contributed by atoms with Gasteiger partial charge >= 0.3 is 0 Å². The molecule has 21 heavy (non-hydrogen) atoms. The van der Waals surface area contributed by atoms with Gasteiger partial charge in [-0.05, 0) is 38.7 Å². The van der Waals surface area contributed by atoms with Crippen LogP contribution in [0.15, 0.2) is 18.2 Å². The number of benzene rings is 1.